The predicted molar refractivity (Wildman–Crippen MR) is 72.1 cm³/mol. The first kappa shape index (κ1) is 16.9. The van der Waals surface area contributed by atoms with Crippen LogP contribution in [0.5, 0.6) is 0 Å². The Balaban J connectivity index is 3.83. The second-order valence-corrected chi connectivity index (χ2v) is 6.82. The molecule has 0 rings (SSSR count). The van der Waals surface area contributed by atoms with E-state index in [0.29, 0.717) is 11.8 Å². The molecular weight excluding hydrogens is 238 g/mol. The number of hydrogen-bond acceptors (Lipinski definition) is 4. The van der Waals surface area contributed by atoms with E-state index in [1.807, 2.05) is 0 Å². The molecule has 0 fully saturated rings. The van der Waals surface area contributed by atoms with Crippen LogP contribution in [-0.4, -0.2) is 46.7 Å². The Morgan fingerprint density at radius 3 is 2.41 bits per heavy atom. The van der Waals surface area contributed by atoms with Gasteiger partial charge in [-0.1, -0.05) is 6.92 Å². The smallest absolute Gasteiger partial charge is 0.147 e. The third-order valence-electron chi connectivity index (χ3n) is 2.65. The summed E-state index contributed by atoms with van der Waals surface area (Å²) in [6.07, 6.45) is 6.15. The second-order valence-electron chi connectivity index (χ2n) is 4.56. The lowest BCUT2D eigenvalue weighted by Crippen LogP contribution is -2.30. The van der Waals surface area contributed by atoms with E-state index in [-0.39, 0.29) is 0 Å². The van der Waals surface area contributed by atoms with Gasteiger partial charge in [0.1, 0.15) is 9.84 Å². The molecular formula is C12H27NO3S. The molecule has 0 aromatic rings. The molecule has 0 bridgehead atoms. The van der Waals surface area contributed by atoms with Crippen molar-refractivity contribution in [1.82, 2.24) is 5.32 Å². The van der Waals surface area contributed by atoms with Gasteiger partial charge in [0.25, 0.3) is 0 Å². The van der Waals surface area contributed by atoms with E-state index in [0.717, 1.165) is 45.3 Å². The van der Waals surface area contributed by atoms with E-state index in [1.165, 1.54) is 6.26 Å². The summed E-state index contributed by atoms with van der Waals surface area (Å²) in [6, 6.07) is 0.423. The lowest BCUT2D eigenvalue weighted by molar-refractivity contribution is 0.188. The van der Waals surface area contributed by atoms with Crippen molar-refractivity contribution in [2.45, 2.75) is 45.1 Å². The highest BCUT2D eigenvalue weighted by atomic mass is 32.2. The number of hydrogen-bond donors (Lipinski definition) is 1. The van der Waals surface area contributed by atoms with Crippen molar-refractivity contribution < 1.29 is 13.2 Å². The molecule has 0 aliphatic heterocycles. The lowest BCUT2D eigenvalue weighted by Gasteiger charge is -2.18. The van der Waals surface area contributed by atoms with Gasteiger partial charge in [0.2, 0.25) is 0 Å². The van der Waals surface area contributed by atoms with Gasteiger partial charge in [0.15, 0.2) is 0 Å². The first-order valence-electron chi connectivity index (χ1n) is 6.39. The molecule has 0 saturated heterocycles. The Labute approximate surface area is 106 Å². The molecule has 0 heterocycles. The van der Waals surface area contributed by atoms with E-state index < -0.39 is 9.84 Å². The summed E-state index contributed by atoms with van der Waals surface area (Å²) in [5.74, 6) is 0.293. The highest BCUT2D eigenvalue weighted by Crippen LogP contribution is 2.07. The third kappa shape index (κ3) is 12.1. The molecule has 1 atom stereocenters. The summed E-state index contributed by atoms with van der Waals surface area (Å²) >= 11 is 0. The van der Waals surface area contributed by atoms with E-state index in [1.54, 1.807) is 7.11 Å². The Kier molecular flexibility index (Phi) is 9.78. The van der Waals surface area contributed by atoms with Gasteiger partial charge in [-0.3, -0.25) is 0 Å². The van der Waals surface area contributed by atoms with Crippen molar-refractivity contribution in [2.24, 2.45) is 0 Å². The first-order chi connectivity index (χ1) is 7.99. The molecule has 0 aromatic carbocycles. The summed E-state index contributed by atoms with van der Waals surface area (Å²) in [7, 11) is -1.11. The van der Waals surface area contributed by atoms with Crippen LogP contribution in [0.1, 0.15) is 39.0 Å². The second kappa shape index (κ2) is 9.85. The van der Waals surface area contributed by atoms with E-state index >= 15 is 0 Å². The minimum absolute atomic E-state index is 0.293. The molecule has 104 valence electrons. The van der Waals surface area contributed by atoms with Gasteiger partial charge in [0.05, 0.1) is 0 Å². The van der Waals surface area contributed by atoms with Crippen LogP contribution < -0.4 is 5.32 Å². The van der Waals surface area contributed by atoms with Gasteiger partial charge in [-0.2, -0.15) is 0 Å². The van der Waals surface area contributed by atoms with Crippen LogP contribution in [0.2, 0.25) is 0 Å². The molecule has 1 N–H and O–H groups in total. The number of rotatable bonds is 11. The average Bonchev–Trinajstić information content (AvgIpc) is 2.23. The zero-order valence-corrected chi connectivity index (χ0v) is 12.2. The highest BCUT2D eigenvalue weighted by Gasteiger charge is 2.09. The van der Waals surface area contributed by atoms with Crippen molar-refractivity contribution in [3.05, 3.63) is 0 Å². The quantitative estimate of drug-likeness (QED) is 0.577. The molecule has 0 spiro atoms. The summed E-state index contributed by atoms with van der Waals surface area (Å²) in [4.78, 5) is 0. The van der Waals surface area contributed by atoms with Crippen LogP contribution in [0, 0.1) is 0 Å². The first-order valence-corrected chi connectivity index (χ1v) is 8.45. The summed E-state index contributed by atoms with van der Waals surface area (Å²) < 4.78 is 27.1. The molecule has 0 aromatic heterocycles. The van der Waals surface area contributed by atoms with Gasteiger partial charge in [-0.15, -0.1) is 0 Å². The van der Waals surface area contributed by atoms with Crippen LogP contribution in [0.3, 0.4) is 0 Å². The molecule has 17 heavy (non-hydrogen) atoms. The maximum absolute atomic E-state index is 11.0. The fourth-order valence-corrected chi connectivity index (χ4v) is 2.45. The summed E-state index contributed by atoms with van der Waals surface area (Å²) in [5, 5.41) is 3.46. The van der Waals surface area contributed by atoms with Crippen molar-refractivity contribution in [2.75, 3.05) is 32.3 Å². The summed E-state index contributed by atoms with van der Waals surface area (Å²) in [6.45, 7) is 3.91. The van der Waals surface area contributed by atoms with Crippen molar-refractivity contribution in [3.8, 4) is 0 Å². The van der Waals surface area contributed by atoms with Gasteiger partial charge in [0, 0.05) is 31.8 Å². The Morgan fingerprint density at radius 2 is 1.88 bits per heavy atom. The van der Waals surface area contributed by atoms with E-state index in [4.69, 9.17) is 4.74 Å². The van der Waals surface area contributed by atoms with Crippen molar-refractivity contribution >= 4 is 9.84 Å². The summed E-state index contributed by atoms with van der Waals surface area (Å²) in [5.41, 5.74) is 0. The molecule has 0 saturated carbocycles. The lowest BCUT2D eigenvalue weighted by atomic mass is 10.1. The maximum Gasteiger partial charge on any atom is 0.147 e. The van der Waals surface area contributed by atoms with Crippen molar-refractivity contribution in [1.29, 1.82) is 0 Å². The number of ether oxygens (including phenoxy) is 1. The molecule has 0 aliphatic carbocycles. The Morgan fingerprint density at radius 1 is 1.24 bits per heavy atom. The molecule has 1 unspecified atom stereocenters. The number of sulfone groups is 1. The fraction of sp³-hybridized carbons (Fsp3) is 1.00. The number of methoxy groups -OCH3 is 1. The van der Waals surface area contributed by atoms with Gasteiger partial charge < -0.3 is 10.1 Å². The van der Waals surface area contributed by atoms with Crippen LogP contribution in [0.15, 0.2) is 0 Å². The SMILES string of the molecule is CCCNC(CCCOC)CCCS(C)(=O)=O. The monoisotopic (exact) mass is 265 g/mol. The molecule has 0 radical (unpaired) electrons. The topological polar surface area (TPSA) is 55.4 Å². The third-order valence-corrected chi connectivity index (χ3v) is 3.68. The molecule has 4 nitrogen and oxygen atoms in total. The van der Waals surface area contributed by atoms with E-state index in [2.05, 4.69) is 12.2 Å². The highest BCUT2D eigenvalue weighted by molar-refractivity contribution is 7.90. The maximum atomic E-state index is 11.0. The average molecular weight is 265 g/mol. The zero-order valence-electron chi connectivity index (χ0n) is 11.4. The standard InChI is InChI=1S/C12H27NO3S/c1-4-9-13-12(7-5-10-16-2)8-6-11-17(3,14)15/h12-13H,4-11H2,1-3H3. The minimum Gasteiger partial charge on any atom is -0.385 e. The van der Waals surface area contributed by atoms with Crippen LogP contribution in [-0.2, 0) is 14.6 Å². The Hall–Kier alpha value is -0.130. The van der Waals surface area contributed by atoms with Crippen LogP contribution >= 0.6 is 0 Å². The van der Waals surface area contributed by atoms with Crippen LogP contribution in [0.25, 0.3) is 0 Å². The number of nitrogens with one attached hydrogen (secondary N) is 1. The van der Waals surface area contributed by atoms with Crippen LogP contribution in [0.4, 0.5) is 0 Å². The molecule has 0 amide bonds. The van der Waals surface area contributed by atoms with Gasteiger partial charge >= 0.3 is 0 Å². The minimum atomic E-state index is -2.82. The van der Waals surface area contributed by atoms with Gasteiger partial charge in [-0.05, 0) is 38.6 Å². The molecule has 0 aliphatic rings. The van der Waals surface area contributed by atoms with E-state index in [9.17, 15) is 8.42 Å². The molecule has 5 heteroatoms. The largest absolute Gasteiger partial charge is 0.385 e. The zero-order chi connectivity index (χ0) is 13.1. The van der Waals surface area contributed by atoms with Gasteiger partial charge in [-0.25, -0.2) is 8.42 Å². The normalized spacial score (nSPS) is 13.8. The fourth-order valence-electron chi connectivity index (χ4n) is 1.76. The van der Waals surface area contributed by atoms with Crippen molar-refractivity contribution in [3.63, 3.8) is 0 Å². The predicted octanol–water partition coefficient (Wildman–Crippen LogP) is 1.61. The Bertz CT molecular complexity index is 265.